The Hall–Kier alpha value is -1.89. The van der Waals surface area contributed by atoms with Crippen LogP contribution in [0.4, 0.5) is 0 Å². The maximum atomic E-state index is 13.3. The van der Waals surface area contributed by atoms with Crippen molar-refractivity contribution in [1.29, 1.82) is 0 Å². The van der Waals surface area contributed by atoms with Crippen molar-refractivity contribution >= 4 is 17.5 Å². The van der Waals surface area contributed by atoms with Gasteiger partial charge in [0, 0.05) is 12.7 Å². The van der Waals surface area contributed by atoms with Crippen LogP contribution in [0.2, 0.25) is 5.28 Å². The zero-order valence-electron chi connectivity index (χ0n) is 15.8. The molecule has 1 amide bonds. The normalized spacial score (nSPS) is 34.2. The molecule has 144 valence electrons. The van der Waals surface area contributed by atoms with Gasteiger partial charge >= 0.3 is 0 Å². The van der Waals surface area contributed by atoms with E-state index >= 15 is 0 Å². The fourth-order valence-corrected chi connectivity index (χ4v) is 6.42. The second-order valence-electron chi connectivity index (χ2n) is 9.01. The van der Waals surface area contributed by atoms with Gasteiger partial charge in [-0.15, -0.1) is 5.10 Å². The molecule has 4 bridgehead atoms. The molecule has 0 spiro atoms. The van der Waals surface area contributed by atoms with E-state index < -0.39 is 0 Å². The van der Waals surface area contributed by atoms with Crippen molar-refractivity contribution in [2.24, 2.45) is 24.3 Å². The molecule has 1 N–H and O–H groups in total. The van der Waals surface area contributed by atoms with Crippen molar-refractivity contribution in [3.63, 3.8) is 0 Å². The Kier molecular flexibility index (Phi) is 3.70. The van der Waals surface area contributed by atoms with E-state index in [1.807, 2.05) is 29.4 Å². The molecule has 2 unspecified atom stereocenters. The molecule has 4 saturated carbocycles. The second kappa shape index (κ2) is 5.80. The Balaban J connectivity index is 1.39. The molecule has 7 nitrogen and oxygen atoms in total. The summed E-state index contributed by atoms with van der Waals surface area (Å²) in [6.07, 6.45) is 7.95. The number of aryl methyl sites for hydroxylation is 2. The predicted molar refractivity (Wildman–Crippen MR) is 99.9 cm³/mol. The molecule has 0 aromatic carbocycles. The zero-order chi connectivity index (χ0) is 18.8. The van der Waals surface area contributed by atoms with Crippen LogP contribution in [0.3, 0.4) is 0 Å². The first-order chi connectivity index (χ1) is 12.9. The molecule has 2 aromatic rings. The first-order valence-electron chi connectivity index (χ1n) is 9.73. The van der Waals surface area contributed by atoms with Crippen LogP contribution in [0, 0.1) is 24.2 Å². The minimum Gasteiger partial charge on any atom is -0.350 e. The fraction of sp³-hybridized carbons (Fsp3) is 0.684. The number of carbonyl (C=O) groups excluding carboxylic acids is 1. The topological polar surface area (TPSA) is 77.6 Å². The van der Waals surface area contributed by atoms with Crippen LogP contribution in [0.15, 0.2) is 12.4 Å². The van der Waals surface area contributed by atoms with Gasteiger partial charge in [0.1, 0.15) is 6.33 Å². The Bertz CT molecular complexity index is 868. The summed E-state index contributed by atoms with van der Waals surface area (Å²) in [5.74, 6) is 1.34. The van der Waals surface area contributed by atoms with E-state index in [0.717, 1.165) is 43.5 Å². The van der Waals surface area contributed by atoms with Crippen molar-refractivity contribution in [3.8, 4) is 0 Å². The molecular weight excluding hydrogens is 364 g/mol. The lowest BCUT2D eigenvalue weighted by Crippen LogP contribution is -2.61. The summed E-state index contributed by atoms with van der Waals surface area (Å²) in [5, 5.41) is 12.4. The van der Waals surface area contributed by atoms with E-state index in [1.54, 1.807) is 6.33 Å². The van der Waals surface area contributed by atoms with Crippen molar-refractivity contribution in [2.75, 3.05) is 0 Å². The van der Waals surface area contributed by atoms with Crippen LogP contribution in [0.25, 0.3) is 0 Å². The molecule has 0 saturated heterocycles. The van der Waals surface area contributed by atoms with Crippen molar-refractivity contribution in [3.05, 3.63) is 29.1 Å². The molecule has 4 aliphatic rings. The average Bonchev–Trinajstić information content (AvgIpc) is 3.18. The summed E-state index contributed by atoms with van der Waals surface area (Å²) in [6.45, 7) is 2.50. The molecule has 2 aromatic heterocycles. The third kappa shape index (κ3) is 2.70. The first kappa shape index (κ1) is 17.2. The monoisotopic (exact) mass is 388 g/mol. The largest absolute Gasteiger partial charge is 0.350 e. The SMILES string of the molecule is Cc1cc(CNC(=O)C23CC4CC(C2)CC(n2cnc(Cl)n2)(C4)C3)nn1C. The second-order valence-corrected chi connectivity index (χ2v) is 9.35. The van der Waals surface area contributed by atoms with Gasteiger partial charge in [-0.2, -0.15) is 5.10 Å². The minimum absolute atomic E-state index is 0.108. The summed E-state index contributed by atoms with van der Waals surface area (Å²) < 4.78 is 3.80. The van der Waals surface area contributed by atoms with Crippen LogP contribution in [-0.2, 0) is 23.9 Å². The minimum atomic E-state index is -0.299. The summed E-state index contributed by atoms with van der Waals surface area (Å²) in [5.41, 5.74) is 1.59. The Morgan fingerprint density at radius 2 is 2.04 bits per heavy atom. The summed E-state index contributed by atoms with van der Waals surface area (Å²) >= 11 is 6.00. The molecule has 2 atom stereocenters. The average molecular weight is 389 g/mol. The van der Waals surface area contributed by atoms with Crippen LogP contribution < -0.4 is 5.32 Å². The maximum Gasteiger partial charge on any atom is 0.242 e. The number of aromatic nitrogens is 5. The lowest BCUT2D eigenvalue weighted by molar-refractivity contribution is -0.156. The molecule has 4 fully saturated rings. The van der Waals surface area contributed by atoms with Gasteiger partial charge in [-0.3, -0.25) is 9.48 Å². The standard InChI is InChI=1S/C19H25ClN6O/c1-12-3-15(23-25(12)2)9-21-16(27)18-5-13-4-14(6-18)8-19(7-13,10-18)26-11-22-17(20)24-26/h3,11,13-14H,4-10H2,1-2H3,(H,21,27). The molecule has 0 aliphatic heterocycles. The molecule has 2 heterocycles. The van der Waals surface area contributed by atoms with Gasteiger partial charge in [0.25, 0.3) is 0 Å². The van der Waals surface area contributed by atoms with E-state index in [-0.39, 0.29) is 22.1 Å². The third-order valence-electron chi connectivity index (χ3n) is 7.06. The Morgan fingerprint density at radius 3 is 2.63 bits per heavy atom. The molecule has 8 heteroatoms. The van der Waals surface area contributed by atoms with Gasteiger partial charge in [-0.25, -0.2) is 9.67 Å². The highest BCUT2D eigenvalue weighted by molar-refractivity contribution is 6.28. The maximum absolute atomic E-state index is 13.3. The molecule has 0 radical (unpaired) electrons. The van der Waals surface area contributed by atoms with E-state index in [1.165, 1.54) is 6.42 Å². The lowest BCUT2D eigenvalue weighted by atomic mass is 9.46. The number of halogens is 1. The summed E-state index contributed by atoms with van der Waals surface area (Å²) in [4.78, 5) is 17.5. The van der Waals surface area contributed by atoms with E-state index in [4.69, 9.17) is 11.6 Å². The van der Waals surface area contributed by atoms with E-state index in [9.17, 15) is 4.79 Å². The van der Waals surface area contributed by atoms with Crippen LogP contribution in [0.5, 0.6) is 0 Å². The van der Waals surface area contributed by atoms with Crippen LogP contribution in [0.1, 0.15) is 49.9 Å². The number of hydrogen-bond donors (Lipinski definition) is 1. The molecule has 27 heavy (non-hydrogen) atoms. The lowest BCUT2D eigenvalue weighted by Gasteiger charge is -2.60. The third-order valence-corrected chi connectivity index (χ3v) is 7.23. The highest BCUT2D eigenvalue weighted by Gasteiger charge is 2.61. The van der Waals surface area contributed by atoms with Crippen molar-refractivity contribution < 1.29 is 4.79 Å². The van der Waals surface area contributed by atoms with Crippen molar-refractivity contribution in [1.82, 2.24) is 29.9 Å². The van der Waals surface area contributed by atoms with Crippen molar-refractivity contribution in [2.45, 2.75) is 57.5 Å². The summed E-state index contributed by atoms with van der Waals surface area (Å²) in [6, 6.07) is 2.03. The zero-order valence-corrected chi connectivity index (χ0v) is 16.5. The fourth-order valence-electron chi connectivity index (χ4n) is 6.30. The molecule has 6 rings (SSSR count). The number of nitrogens with one attached hydrogen (secondary N) is 1. The summed E-state index contributed by atoms with van der Waals surface area (Å²) in [7, 11) is 1.92. The smallest absolute Gasteiger partial charge is 0.242 e. The quantitative estimate of drug-likeness (QED) is 0.873. The number of rotatable bonds is 4. The van der Waals surface area contributed by atoms with Gasteiger partial charge in [0.05, 0.1) is 23.2 Å². The highest BCUT2D eigenvalue weighted by Crippen LogP contribution is 2.64. The van der Waals surface area contributed by atoms with Gasteiger partial charge in [0.2, 0.25) is 11.2 Å². The van der Waals surface area contributed by atoms with Crippen LogP contribution in [-0.4, -0.2) is 30.5 Å². The van der Waals surface area contributed by atoms with Gasteiger partial charge in [-0.1, -0.05) is 0 Å². The Morgan fingerprint density at radius 1 is 1.30 bits per heavy atom. The van der Waals surface area contributed by atoms with E-state index in [2.05, 4.69) is 20.5 Å². The van der Waals surface area contributed by atoms with Gasteiger partial charge in [-0.05, 0) is 75.0 Å². The number of nitrogens with zero attached hydrogens (tertiary/aromatic N) is 5. The van der Waals surface area contributed by atoms with Gasteiger partial charge in [0.15, 0.2) is 0 Å². The van der Waals surface area contributed by atoms with Gasteiger partial charge < -0.3 is 5.32 Å². The predicted octanol–water partition coefficient (Wildman–Crippen LogP) is 2.59. The van der Waals surface area contributed by atoms with Crippen LogP contribution >= 0.6 is 11.6 Å². The van der Waals surface area contributed by atoms with E-state index in [0.29, 0.717) is 18.4 Å². The number of amides is 1. The first-order valence-corrected chi connectivity index (χ1v) is 10.1. The number of hydrogen-bond acceptors (Lipinski definition) is 4. The number of carbonyl (C=O) groups is 1. The Labute approximate surface area is 163 Å². The highest BCUT2D eigenvalue weighted by atomic mass is 35.5. The molecule has 4 aliphatic carbocycles. The molecular formula is C19H25ClN6O.